The zero-order valence-corrected chi connectivity index (χ0v) is 16.7. The van der Waals surface area contributed by atoms with Gasteiger partial charge in [0.15, 0.2) is 0 Å². The summed E-state index contributed by atoms with van der Waals surface area (Å²) in [7, 11) is 0. The molecule has 0 radical (unpaired) electrons. The van der Waals surface area contributed by atoms with Gasteiger partial charge >= 0.3 is 0 Å². The second-order valence-corrected chi connectivity index (χ2v) is 7.54. The molecular formula is C23H30N2O2. The van der Waals surface area contributed by atoms with Crippen molar-refractivity contribution >= 4 is 11.0 Å². The molecule has 3 aromatic rings. The van der Waals surface area contributed by atoms with Gasteiger partial charge in [0.05, 0.1) is 17.6 Å². The Morgan fingerprint density at radius 2 is 1.74 bits per heavy atom. The molecule has 0 fully saturated rings. The van der Waals surface area contributed by atoms with Crippen LogP contribution in [0.25, 0.3) is 11.0 Å². The minimum atomic E-state index is -0.606. The number of rotatable bonds is 8. The number of benzene rings is 2. The smallest absolute Gasteiger partial charge is 0.122 e. The van der Waals surface area contributed by atoms with E-state index in [0.29, 0.717) is 18.4 Å². The maximum Gasteiger partial charge on any atom is 0.122 e. The lowest BCUT2D eigenvalue weighted by Crippen LogP contribution is -2.25. The van der Waals surface area contributed by atoms with E-state index in [2.05, 4.69) is 44.4 Å². The number of aliphatic hydroxyl groups excluding tert-OH is 1. The van der Waals surface area contributed by atoms with Gasteiger partial charge in [0, 0.05) is 5.92 Å². The molecular weight excluding hydrogens is 336 g/mol. The first-order valence-electron chi connectivity index (χ1n) is 9.86. The molecule has 0 amide bonds. The van der Waals surface area contributed by atoms with E-state index >= 15 is 0 Å². The van der Waals surface area contributed by atoms with Gasteiger partial charge in [-0.25, -0.2) is 4.98 Å². The van der Waals surface area contributed by atoms with E-state index in [1.807, 2.05) is 36.4 Å². The first kappa shape index (κ1) is 19.4. The van der Waals surface area contributed by atoms with Crippen molar-refractivity contribution in [3.8, 4) is 5.75 Å². The van der Waals surface area contributed by atoms with E-state index in [0.717, 1.165) is 34.6 Å². The molecule has 2 aromatic carbocycles. The maximum absolute atomic E-state index is 10.7. The molecule has 0 spiro atoms. The van der Waals surface area contributed by atoms with Crippen molar-refractivity contribution in [3.63, 3.8) is 0 Å². The van der Waals surface area contributed by atoms with Crippen LogP contribution >= 0.6 is 0 Å². The Hall–Kier alpha value is -2.33. The second-order valence-electron chi connectivity index (χ2n) is 7.54. The fraction of sp³-hybridized carbons (Fsp3) is 0.435. The molecule has 4 nitrogen and oxygen atoms in total. The molecule has 2 atom stereocenters. The number of hydrogen-bond donors (Lipinski definition) is 1. The second kappa shape index (κ2) is 8.57. The lowest BCUT2D eigenvalue weighted by molar-refractivity contribution is 0.0918. The summed E-state index contributed by atoms with van der Waals surface area (Å²) in [5.74, 6) is 2.60. The molecule has 0 aliphatic carbocycles. The van der Waals surface area contributed by atoms with E-state index < -0.39 is 6.10 Å². The van der Waals surface area contributed by atoms with Gasteiger partial charge < -0.3 is 14.4 Å². The Morgan fingerprint density at radius 3 is 2.48 bits per heavy atom. The van der Waals surface area contributed by atoms with Crippen molar-refractivity contribution in [1.29, 1.82) is 0 Å². The van der Waals surface area contributed by atoms with Crippen molar-refractivity contribution in [3.05, 3.63) is 59.9 Å². The zero-order chi connectivity index (χ0) is 19.4. The Bertz CT molecular complexity index is 885. The monoisotopic (exact) mass is 366 g/mol. The van der Waals surface area contributed by atoms with Crippen LogP contribution in [0.3, 0.4) is 0 Å². The van der Waals surface area contributed by atoms with E-state index in [1.54, 1.807) is 0 Å². The molecule has 0 bridgehead atoms. The fourth-order valence-corrected chi connectivity index (χ4v) is 3.38. The summed E-state index contributed by atoms with van der Waals surface area (Å²) in [6.45, 7) is 9.37. The molecule has 3 rings (SSSR count). The predicted molar refractivity (Wildman–Crippen MR) is 110 cm³/mol. The average Bonchev–Trinajstić information content (AvgIpc) is 3.04. The summed E-state index contributed by atoms with van der Waals surface area (Å²) < 4.78 is 8.11. The predicted octanol–water partition coefficient (Wildman–Crippen LogP) is 5.11. The number of hydrogen-bond acceptors (Lipinski definition) is 3. The highest BCUT2D eigenvalue weighted by molar-refractivity contribution is 5.76. The molecule has 27 heavy (non-hydrogen) atoms. The number of imidazole rings is 1. The highest BCUT2D eigenvalue weighted by atomic mass is 16.5. The van der Waals surface area contributed by atoms with Gasteiger partial charge in [0.2, 0.25) is 0 Å². The number of fused-ring (bicyclic) bond motifs is 1. The third-order valence-corrected chi connectivity index (χ3v) is 5.10. The van der Waals surface area contributed by atoms with Crippen molar-refractivity contribution in [1.82, 2.24) is 9.55 Å². The maximum atomic E-state index is 10.7. The molecule has 1 aromatic heterocycles. The molecule has 1 heterocycles. The normalized spacial score (nSPS) is 13.9. The molecule has 1 N–H and O–H groups in total. The SMILES string of the molecule is CCC(C)c1nc2ccccc2n1CC(O)COc1ccccc1C(C)C. The van der Waals surface area contributed by atoms with Gasteiger partial charge in [-0.2, -0.15) is 0 Å². The standard InChI is InChI=1S/C23H30N2O2/c1-5-17(4)23-24-20-11-7-8-12-21(20)25(23)14-18(26)15-27-22-13-9-6-10-19(22)16(2)3/h6-13,16-18,26H,5,14-15H2,1-4H3. The highest BCUT2D eigenvalue weighted by Gasteiger charge is 2.18. The Labute approximate surface area is 161 Å². The van der Waals surface area contributed by atoms with Crippen LogP contribution in [0.5, 0.6) is 5.75 Å². The third kappa shape index (κ3) is 4.33. The van der Waals surface area contributed by atoms with Crippen LogP contribution in [0, 0.1) is 0 Å². The molecule has 144 valence electrons. The zero-order valence-electron chi connectivity index (χ0n) is 16.7. The molecule has 0 saturated heterocycles. The van der Waals surface area contributed by atoms with Gasteiger partial charge in [-0.15, -0.1) is 0 Å². The lowest BCUT2D eigenvalue weighted by Gasteiger charge is -2.19. The number of nitrogens with zero attached hydrogens (tertiary/aromatic N) is 2. The first-order chi connectivity index (χ1) is 13.0. The van der Waals surface area contributed by atoms with E-state index in [1.165, 1.54) is 0 Å². The van der Waals surface area contributed by atoms with Crippen LogP contribution in [-0.2, 0) is 6.54 Å². The number of aromatic nitrogens is 2. The average molecular weight is 367 g/mol. The quantitative estimate of drug-likeness (QED) is 0.602. The van der Waals surface area contributed by atoms with E-state index in [9.17, 15) is 5.11 Å². The van der Waals surface area contributed by atoms with Crippen molar-refractivity contribution in [2.45, 2.75) is 58.6 Å². The van der Waals surface area contributed by atoms with Crippen molar-refractivity contribution in [2.75, 3.05) is 6.61 Å². The minimum absolute atomic E-state index is 0.260. The van der Waals surface area contributed by atoms with Crippen molar-refractivity contribution in [2.24, 2.45) is 0 Å². The third-order valence-electron chi connectivity index (χ3n) is 5.10. The van der Waals surface area contributed by atoms with Crippen LogP contribution in [0.1, 0.15) is 57.3 Å². The summed E-state index contributed by atoms with van der Waals surface area (Å²) in [6, 6.07) is 16.2. The van der Waals surface area contributed by atoms with E-state index in [4.69, 9.17) is 9.72 Å². The fourth-order valence-electron chi connectivity index (χ4n) is 3.38. The molecule has 0 aliphatic heterocycles. The molecule has 2 unspecified atom stereocenters. The minimum Gasteiger partial charge on any atom is -0.491 e. The van der Waals surface area contributed by atoms with Gasteiger partial charge in [-0.05, 0) is 36.1 Å². The van der Waals surface area contributed by atoms with Gasteiger partial charge in [0.1, 0.15) is 24.3 Å². The molecule has 0 saturated carbocycles. The Kier molecular flexibility index (Phi) is 6.17. The Balaban J connectivity index is 1.77. The summed E-state index contributed by atoms with van der Waals surface area (Å²) in [6.07, 6.45) is 0.406. The molecule has 4 heteroatoms. The summed E-state index contributed by atoms with van der Waals surface area (Å²) in [4.78, 5) is 4.80. The number of ether oxygens (including phenoxy) is 1. The van der Waals surface area contributed by atoms with Gasteiger partial charge in [-0.3, -0.25) is 0 Å². The topological polar surface area (TPSA) is 47.3 Å². The Morgan fingerprint density at radius 1 is 1.04 bits per heavy atom. The van der Waals surface area contributed by atoms with Crippen LogP contribution < -0.4 is 4.74 Å². The van der Waals surface area contributed by atoms with Crippen LogP contribution in [0.4, 0.5) is 0 Å². The van der Waals surface area contributed by atoms with Crippen LogP contribution in [0.15, 0.2) is 48.5 Å². The summed E-state index contributed by atoms with van der Waals surface area (Å²) in [5.41, 5.74) is 3.21. The largest absolute Gasteiger partial charge is 0.491 e. The van der Waals surface area contributed by atoms with E-state index in [-0.39, 0.29) is 6.61 Å². The van der Waals surface area contributed by atoms with Gasteiger partial charge in [0.25, 0.3) is 0 Å². The lowest BCUT2D eigenvalue weighted by atomic mass is 10.0. The summed E-state index contributed by atoms with van der Waals surface area (Å²) in [5, 5.41) is 10.7. The van der Waals surface area contributed by atoms with Crippen molar-refractivity contribution < 1.29 is 9.84 Å². The summed E-state index contributed by atoms with van der Waals surface area (Å²) >= 11 is 0. The van der Waals surface area contributed by atoms with Crippen LogP contribution in [-0.4, -0.2) is 27.4 Å². The van der Waals surface area contributed by atoms with Gasteiger partial charge in [-0.1, -0.05) is 58.0 Å². The number of aliphatic hydroxyl groups is 1. The first-order valence-corrected chi connectivity index (χ1v) is 9.86. The number of para-hydroxylation sites is 3. The van der Waals surface area contributed by atoms with Crippen LogP contribution in [0.2, 0.25) is 0 Å². The molecule has 0 aliphatic rings. The highest BCUT2D eigenvalue weighted by Crippen LogP contribution is 2.27.